The Bertz CT molecular complexity index is 413. The monoisotopic (exact) mass is 281 g/mol. The van der Waals surface area contributed by atoms with Crippen molar-refractivity contribution in [2.24, 2.45) is 5.92 Å². The fourth-order valence-electron chi connectivity index (χ4n) is 2.72. The van der Waals surface area contributed by atoms with Crippen LogP contribution in [0.4, 0.5) is 4.39 Å². The summed E-state index contributed by atoms with van der Waals surface area (Å²) in [5.74, 6) is 0.446. The normalized spacial score (nSPS) is 21.9. The summed E-state index contributed by atoms with van der Waals surface area (Å²) in [5, 5.41) is 9.97. The minimum Gasteiger partial charge on any atom is -0.389 e. The Labute approximate surface area is 120 Å². The number of halogens is 1. The third-order valence-corrected chi connectivity index (χ3v) is 3.74. The quantitative estimate of drug-likeness (QED) is 0.869. The van der Waals surface area contributed by atoms with E-state index in [1.165, 1.54) is 18.9 Å². The van der Waals surface area contributed by atoms with Gasteiger partial charge in [-0.3, -0.25) is 0 Å². The number of likely N-dealkylation sites (tertiary alicyclic amines) is 1. The highest BCUT2D eigenvalue weighted by atomic mass is 19.1. The molecule has 1 aromatic carbocycles. The summed E-state index contributed by atoms with van der Waals surface area (Å²) in [7, 11) is 0. The largest absolute Gasteiger partial charge is 0.389 e. The summed E-state index contributed by atoms with van der Waals surface area (Å²) >= 11 is 0. The standard InChI is InChI=1S/C16H24FNO2/c1-13-5-4-8-18(9-13)10-15(19)12-20-11-14-6-2-3-7-16(14)17/h2-3,6-7,13,15,19H,4-5,8-12H2,1H3. The van der Waals surface area contributed by atoms with Gasteiger partial charge in [0.15, 0.2) is 0 Å². The highest BCUT2D eigenvalue weighted by molar-refractivity contribution is 5.16. The van der Waals surface area contributed by atoms with Gasteiger partial charge in [0.2, 0.25) is 0 Å². The molecule has 0 amide bonds. The first kappa shape index (κ1) is 15.4. The summed E-state index contributed by atoms with van der Waals surface area (Å²) in [6, 6.07) is 6.57. The van der Waals surface area contributed by atoms with E-state index in [1.54, 1.807) is 18.2 Å². The Kier molecular flexibility index (Phi) is 5.95. The van der Waals surface area contributed by atoms with Crippen molar-refractivity contribution in [1.82, 2.24) is 4.90 Å². The lowest BCUT2D eigenvalue weighted by atomic mass is 10.0. The first-order valence-corrected chi connectivity index (χ1v) is 7.36. The predicted octanol–water partition coefficient (Wildman–Crippen LogP) is 2.44. The van der Waals surface area contributed by atoms with Gasteiger partial charge in [0, 0.05) is 18.7 Å². The number of piperidine rings is 1. The summed E-state index contributed by atoms with van der Waals surface area (Å²) in [6.07, 6.45) is 1.97. The maximum Gasteiger partial charge on any atom is 0.128 e. The van der Waals surface area contributed by atoms with Gasteiger partial charge < -0.3 is 14.7 Å². The van der Waals surface area contributed by atoms with E-state index in [0.717, 1.165) is 13.1 Å². The van der Waals surface area contributed by atoms with Crippen LogP contribution in [0.3, 0.4) is 0 Å². The predicted molar refractivity (Wildman–Crippen MR) is 76.9 cm³/mol. The molecule has 112 valence electrons. The average molecular weight is 281 g/mol. The molecule has 20 heavy (non-hydrogen) atoms. The van der Waals surface area contributed by atoms with Gasteiger partial charge in [-0.15, -0.1) is 0 Å². The van der Waals surface area contributed by atoms with Crippen molar-refractivity contribution in [2.45, 2.75) is 32.5 Å². The summed E-state index contributed by atoms with van der Waals surface area (Å²) in [5.41, 5.74) is 0.534. The van der Waals surface area contributed by atoms with Crippen molar-refractivity contribution in [3.05, 3.63) is 35.6 Å². The van der Waals surface area contributed by atoms with Crippen LogP contribution in [0.15, 0.2) is 24.3 Å². The molecule has 1 fully saturated rings. The van der Waals surface area contributed by atoms with Gasteiger partial charge in [0.25, 0.3) is 0 Å². The van der Waals surface area contributed by atoms with Crippen molar-refractivity contribution in [3.63, 3.8) is 0 Å². The molecule has 1 heterocycles. The number of hydrogen-bond donors (Lipinski definition) is 1. The molecule has 1 aromatic rings. The Morgan fingerprint density at radius 3 is 3.00 bits per heavy atom. The fraction of sp³-hybridized carbons (Fsp3) is 0.625. The molecule has 2 atom stereocenters. The SMILES string of the molecule is CC1CCCN(CC(O)COCc2ccccc2F)C1. The topological polar surface area (TPSA) is 32.7 Å². The molecule has 0 aromatic heterocycles. The molecule has 0 aliphatic carbocycles. The van der Waals surface area contributed by atoms with Crippen LogP contribution in [0.5, 0.6) is 0 Å². The van der Waals surface area contributed by atoms with Crippen molar-refractivity contribution in [2.75, 3.05) is 26.2 Å². The van der Waals surface area contributed by atoms with Crippen LogP contribution in [-0.4, -0.2) is 42.4 Å². The van der Waals surface area contributed by atoms with Crippen LogP contribution in [0.2, 0.25) is 0 Å². The van der Waals surface area contributed by atoms with Crippen LogP contribution in [0.25, 0.3) is 0 Å². The minimum atomic E-state index is -0.507. The highest BCUT2D eigenvalue weighted by Gasteiger charge is 2.18. The number of ether oxygens (including phenoxy) is 1. The van der Waals surface area contributed by atoms with E-state index < -0.39 is 6.10 Å². The van der Waals surface area contributed by atoms with E-state index in [1.807, 2.05) is 0 Å². The van der Waals surface area contributed by atoms with Gasteiger partial charge in [0.05, 0.1) is 19.3 Å². The maximum atomic E-state index is 13.4. The van der Waals surface area contributed by atoms with Crippen LogP contribution in [0, 0.1) is 11.7 Å². The lowest BCUT2D eigenvalue weighted by Gasteiger charge is -2.32. The molecule has 3 nitrogen and oxygen atoms in total. The summed E-state index contributed by atoms with van der Waals surface area (Å²) in [6.45, 7) is 5.44. The number of aliphatic hydroxyl groups excluding tert-OH is 1. The first-order valence-electron chi connectivity index (χ1n) is 7.36. The molecule has 2 rings (SSSR count). The van der Waals surface area contributed by atoms with Crippen LogP contribution in [-0.2, 0) is 11.3 Å². The van der Waals surface area contributed by atoms with E-state index in [9.17, 15) is 9.50 Å². The van der Waals surface area contributed by atoms with Gasteiger partial charge in [-0.2, -0.15) is 0 Å². The molecule has 1 aliphatic heterocycles. The van der Waals surface area contributed by atoms with Gasteiger partial charge in [-0.25, -0.2) is 4.39 Å². The fourth-order valence-corrected chi connectivity index (χ4v) is 2.72. The second kappa shape index (κ2) is 7.72. The zero-order valence-corrected chi connectivity index (χ0v) is 12.1. The smallest absolute Gasteiger partial charge is 0.128 e. The molecule has 1 aliphatic rings. The van der Waals surface area contributed by atoms with Crippen LogP contribution >= 0.6 is 0 Å². The molecule has 4 heteroatoms. The molecule has 1 saturated heterocycles. The molecule has 0 bridgehead atoms. The summed E-state index contributed by atoms with van der Waals surface area (Å²) < 4.78 is 18.8. The third kappa shape index (κ3) is 4.85. The zero-order chi connectivity index (χ0) is 14.4. The third-order valence-electron chi connectivity index (χ3n) is 3.74. The maximum absolute atomic E-state index is 13.4. The number of benzene rings is 1. The van der Waals surface area contributed by atoms with Crippen molar-refractivity contribution in [1.29, 1.82) is 0 Å². The molecule has 1 N–H and O–H groups in total. The second-order valence-corrected chi connectivity index (χ2v) is 5.77. The number of aliphatic hydroxyl groups is 1. The van der Waals surface area contributed by atoms with Gasteiger partial charge in [0.1, 0.15) is 5.82 Å². The molecule has 0 radical (unpaired) electrons. The molecular weight excluding hydrogens is 257 g/mol. The lowest BCUT2D eigenvalue weighted by molar-refractivity contribution is 0.00309. The van der Waals surface area contributed by atoms with E-state index >= 15 is 0 Å². The van der Waals surface area contributed by atoms with Crippen molar-refractivity contribution >= 4 is 0 Å². The van der Waals surface area contributed by atoms with Crippen molar-refractivity contribution < 1.29 is 14.2 Å². The van der Waals surface area contributed by atoms with E-state index in [4.69, 9.17) is 4.74 Å². The highest BCUT2D eigenvalue weighted by Crippen LogP contribution is 2.15. The number of hydrogen-bond acceptors (Lipinski definition) is 3. The number of β-amino-alcohol motifs (C(OH)–C–C–N with tert-alkyl or cyclic N) is 1. The Morgan fingerprint density at radius 1 is 1.45 bits per heavy atom. The van der Waals surface area contributed by atoms with Crippen LogP contribution in [0.1, 0.15) is 25.3 Å². The van der Waals surface area contributed by atoms with Crippen LogP contribution < -0.4 is 0 Å². The van der Waals surface area contributed by atoms with Crippen molar-refractivity contribution in [3.8, 4) is 0 Å². The lowest BCUT2D eigenvalue weighted by Crippen LogP contribution is -2.40. The average Bonchev–Trinajstić information content (AvgIpc) is 2.41. The molecule has 0 spiro atoms. The molecule has 0 saturated carbocycles. The minimum absolute atomic E-state index is 0.208. The Morgan fingerprint density at radius 2 is 2.25 bits per heavy atom. The first-order chi connectivity index (χ1) is 9.65. The van der Waals surface area contributed by atoms with E-state index in [-0.39, 0.29) is 19.0 Å². The van der Waals surface area contributed by atoms with E-state index in [0.29, 0.717) is 18.0 Å². The number of nitrogens with zero attached hydrogens (tertiary/aromatic N) is 1. The summed E-state index contributed by atoms with van der Waals surface area (Å²) in [4.78, 5) is 2.28. The Hall–Kier alpha value is -0.970. The molecular formula is C16H24FNO2. The van der Waals surface area contributed by atoms with Gasteiger partial charge >= 0.3 is 0 Å². The zero-order valence-electron chi connectivity index (χ0n) is 12.1. The molecule has 2 unspecified atom stereocenters. The van der Waals surface area contributed by atoms with Gasteiger partial charge in [-0.05, 0) is 31.4 Å². The Balaban J connectivity index is 1.67. The van der Waals surface area contributed by atoms with Gasteiger partial charge in [-0.1, -0.05) is 25.1 Å². The number of rotatable bonds is 6. The second-order valence-electron chi connectivity index (χ2n) is 5.77. The van der Waals surface area contributed by atoms with E-state index in [2.05, 4.69) is 11.8 Å².